The second kappa shape index (κ2) is 20.0. The van der Waals surface area contributed by atoms with Crippen molar-refractivity contribution in [3.05, 3.63) is 69.8 Å². The van der Waals surface area contributed by atoms with Gasteiger partial charge in [-0.25, -0.2) is 0 Å². The lowest BCUT2D eigenvalue weighted by molar-refractivity contribution is 0.0745. The second-order valence-electron chi connectivity index (χ2n) is 16.9. The Hall–Kier alpha value is -1.64. The number of hydrogen-bond donors (Lipinski definition) is 0. The highest BCUT2D eigenvalue weighted by atomic mass is 15.3. The van der Waals surface area contributed by atoms with E-state index < -0.39 is 0 Å². The molecule has 1 fully saturated rings. The van der Waals surface area contributed by atoms with E-state index in [2.05, 4.69) is 102 Å². The topological polar surface area (TPSA) is 6.48 Å². The molecule has 1 aliphatic rings. The van der Waals surface area contributed by atoms with E-state index in [-0.39, 0.29) is 10.8 Å². The molecule has 0 aliphatic carbocycles. The zero-order valence-corrected chi connectivity index (χ0v) is 31.9. The van der Waals surface area contributed by atoms with Crippen LogP contribution in [0, 0.1) is 0 Å². The highest BCUT2D eigenvalue weighted by Gasteiger charge is 2.22. The van der Waals surface area contributed by atoms with Crippen LogP contribution in [0.2, 0.25) is 0 Å². The first-order valence-electron chi connectivity index (χ1n) is 19.7. The summed E-state index contributed by atoms with van der Waals surface area (Å²) in [6.45, 7) is 24.5. The van der Waals surface area contributed by atoms with Gasteiger partial charge in [0, 0.05) is 26.2 Å². The van der Waals surface area contributed by atoms with Crippen molar-refractivity contribution < 1.29 is 0 Å². The zero-order valence-electron chi connectivity index (χ0n) is 31.9. The number of hydrogen-bond acceptors (Lipinski definition) is 2. The fourth-order valence-corrected chi connectivity index (χ4v) is 7.15. The summed E-state index contributed by atoms with van der Waals surface area (Å²) in [6.07, 6.45) is 23.0. The van der Waals surface area contributed by atoms with Crippen molar-refractivity contribution in [1.29, 1.82) is 0 Å². The first-order valence-corrected chi connectivity index (χ1v) is 19.7. The van der Waals surface area contributed by atoms with E-state index >= 15 is 0 Å². The van der Waals surface area contributed by atoms with Gasteiger partial charge in [0.1, 0.15) is 0 Å². The smallest absolute Gasteiger partial charge is 0.0512 e. The van der Waals surface area contributed by atoms with Crippen molar-refractivity contribution in [2.45, 2.75) is 188 Å². The van der Waals surface area contributed by atoms with Gasteiger partial charge in [-0.05, 0) is 76.3 Å². The summed E-state index contributed by atoms with van der Waals surface area (Å²) in [6, 6.07) is 15.1. The van der Waals surface area contributed by atoms with Crippen molar-refractivity contribution >= 4 is 0 Å². The van der Waals surface area contributed by atoms with E-state index in [1.54, 1.807) is 11.1 Å². The van der Waals surface area contributed by atoms with Crippen molar-refractivity contribution in [1.82, 2.24) is 9.80 Å². The average Bonchev–Trinajstić information content (AvgIpc) is 2.99. The maximum atomic E-state index is 2.70. The Kier molecular flexibility index (Phi) is 16.9. The molecule has 0 unspecified atom stereocenters. The summed E-state index contributed by atoms with van der Waals surface area (Å²) in [4.78, 5) is 5.41. The molecule has 2 heteroatoms. The Balaban J connectivity index is 1.61. The first kappa shape index (κ1) is 38.8. The summed E-state index contributed by atoms with van der Waals surface area (Å²) in [7, 11) is 0. The molecule has 1 heterocycles. The minimum absolute atomic E-state index is 0.184. The lowest BCUT2D eigenvalue weighted by Crippen LogP contribution is -2.43. The summed E-state index contributed by atoms with van der Waals surface area (Å²) in [5, 5.41) is 0. The van der Waals surface area contributed by atoms with Crippen molar-refractivity contribution in [2.24, 2.45) is 0 Å². The Morgan fingerprint density at radius 3 is 1.17 bits per heavy atom. The Morgan fingerprint density at radius 1 is 0.457 bits per heavy atom. The third kappa shape index (κ3) is 14.6. The van der Waals surface area contributed by atoms with Crippen LogP contribution < -0.4 is 0 Å². The highest BCUT2D eigenvalue weighted by Crippen LogP contribution is 2.29. The van der Waals surface area contributed by atoms with Crippen LogP contribution in [-0.4, -0.2) is 29.6 Å². The molecule has 0 atom stereocenters. The summed E-state index contributed by atoms with van der Waals surface area (Å²) in [5.41, 5.74) is 9.51. The SMILES string of the molecule is CCCCCCCCCc1cc(CN2CCCN(Cc3cc(CCCCCCCCC)cc(C(C)(C)C)c3)C2)cc(C(C)(C)C)c1. The van der Waals surface area contributed by atoms with E-state index in [0.717, 1.165) is 19.8 Å². The van der Waals surface area contributed by atoms with Crippen molar-refractivity contribution in [3.8, 4) is 0 Å². The standard InChI is InChI=1S/C44H74N2/c1-9-11-13-15-17-19-21-24-37-28-39(32-41(30-37)43(3,4)5)34-45-26-23-27-46(36-45)35-40-29-38(31-42(33-40)44(6,7)8)25-22-20-18-16-14-12-10-2/h28-33H,9-27,34-36H2,1-8H3. The summed E-state index contributed by atoms with van der Waals surface area (Å²) >= 11 is 0. The fourth-order valence-electron chi connectivity index (χ4n) is 7.15. The molecule has 2 aromatic carbocycles. The molecule has 0 N–H and O–H groups in total. The molecular formula is C44H74N2. The summed E-state index contributed by atoms with van der Waals surface area (Å²) in [5.74, 6) is 0. The zero-order chi connectivity index (χ0) is 33.4. The van der Waals surface area contributed by atoms with E-state index in [0.29, 0.717) is 0 Å². The van der Waals surface area contributed by atoms with Crippen LogP contribution in [0.4, 0.5) is 0 Å². The van der Waals surface area contributed by atoms with Gasteiger partial charge in [0.05, 0.1) is 6.67 Å². The lowest BCUT2D eigenvalue weighted by Gasteiger charge is -2.36. The number of unbranched alkanes of at least 4 members (excludes halogenated alkanes) is 12. The number of nitrogens with zero attached hydrogens (tertiary/aromatic N) is 2. The van der Waals surface area contributed by atoms with Crippen LogP contribution in [0.5, 0.6) is 0 Å². The first-order chi connectivity index (χ1) is 22.0. The molecular weight excluding hydrogens is 556 g/mol. The molecule has 0 spiro atoms. The van der Waals surface area contributed by atoms with Gasteiger partial charge in [-0.2, -0.15) is 0 Å². The molecule has 0 radical (unpaired) electrons. The molecule has 0 aromatic heterocycles. The predicted molar refractivity (Wildman–Crippen MR) is 204 cm³/mol. The maximum Gasteiger partial charge on any atom is 0.0512 e. The third-order valence-electron chi connectivity index (χ3n) is 10.1. The van der Waals surface area contributed by atoms with Crippen LogP contribution >= 0.6 is 0 Å². The molecule has 3 rings (SSSR count). The summed E-state index contributed by atoms with van der Waals surface area (Å²) < 4.78 is 0. The van der Waals surface area contributed by atoms with Gasteiger partial charge < -0.3 is 0 Å². The Morgan fingerprint density at radius 2 is 0.804 bits per heavy atom. The van der Waals surface area contributed by atoms with Gasteiger partial charge in [-0.3, -0.25) is 9.80 Å². The van der Waals surface area contributed by atoms with Gasteiger partial charge >= 0.3 is 0 Å². The molecule has 46 heavy (non-hydrogen) atoms. The second-order valence-corrected chi connectivity index (χ2v) is 16.9. The minimum atomic E-state index is 0.184. The molecule has 2 nitrogen and oxygen atoms in total. The van der Waals surface area contributed by atoms with Crippen LogP contribution in [0.15, 0.2) is 36.4 Å². The molecule has 1 saturated heterocycles. The van der Waals surface area contributed by atoms with E-state index in [4.69, 9.17) is 0 Å². The van der Waals surface area contributed by atoms with E-state index in [9.17, 15) is 0 Å². The van der Waals surface area contributed by atoms with Crippen LogP contribution in [0.25, 0.3) is 0 Å². The Bertz CT molecular complexity index is 1030. The minimum Gasteiger partial charge on any atom is -0.286 e. The monoisotopic (exact) mass is 631 g/mol. The van der Waals surface area contributed by atoms with Crippen molar-refractivity contribution in [3.63, 3.8) is 0 Å². The fraction of sp³-hybridized carbons (Fsp3) is 0.727. The largest absolute Gasteiger partial charge is 0.286 e. The molecule has 0 bridgehead atoms. The van der Waals surface area contributed by atoms with Crippen molar-refractivity contribution in [2.75, 3.05) is 19.8 Å². The normalized spacial score (nSPS) is 15.1. The quantitative estimate of drug-likeness (QED) is 0.134. The molecule has 260 valence electrons. The molecule has 2 aromatic rings. The lowest BCUT2D eigenvalue weighted by atomic mass is 9.84. The molecule has 0 saturated carbocycles. The van der Waals surface area contributed by atoms with Crippen LogP contribution in [-0.2, 0) is 36.8 Å². The van der Waals surface area contributed by atoms with Gasteiger partial charge in [0.15, 0.2) is 0 Å². The van der Waals surface area contributed by atoms with Gasteiger partial charge in [-0.15, -0.1) is 0 Å². The van der Waals surface area contributed by atoms with Crippen LogP contribution in [0.3, 0.4) is 0 Å². The maximum absolute atomic E-state index is 2.70. The van der Waals surface area contributed by atoms with Gasteiger partial charge in [0.2, 0.25) is 0 Å². The predicted octanol–water partition coefficient (Wildman–Crippen LogP) is 12.5. The van der Waals surface area contributed by atoms with Gasteiger partial charge in [0.25, 0.3) is 0 Å². The average molecular weight is 631 g/mol. The number of aryl methyl sites for hydroxylation is 2. The highest BCUT2D eigenvalue weighted by molar-refractivity contribution is 5.35. The Labute approximate surface area is 287 Å². The third-order valence-corrected chi connectivity index (χ3v) is 10.1. The molecule has 0 amide bonds. The van der Waals surface area contributed by atoms with E-state index in [1.807, 2.05) is 0 Å². The number of rotatable bonds is 20. The van der Waals surface area contributed by atoms with Gasteiger partial charge in [-0.1, -0.05) is 169 Å². The van der Waals surface area contributed by atoms with E-state index in [1.165, 1.54) is 144 Å². The molecule has 1 aliphatic heterocycles. The number of benzene rings is 2. The van der Waals surface area contributed by atoms with Crippen LogP contribution in [0.1, 0.15) is 185 Å².